The lowest BCUT2D eigenvalue weighted by atomic mass is 10.1. The van der Waals surface area contributed by atoms with Gasteiger partial charge in [0.1, 0.15) is 24.1 Å². The van der Waals surface area contributed by atoms with Crippen LogP contribution in [0.15, 0.2) is 77.7 Å². The van der Waals surface area contributed by atoms with E-state index in [1.54, 1.807) is 31.2 Å². The summed E-state index contributed by atoms with van der Waals surface area (Å²) < 4.78 is 39.7. The van der Waals surface area contributed by atoms with Crippen molar-refractivity contribution >= 4 is 27.5 Å². The maximum Gasteiger partial charge on any atom is 0.264 e. The van der Waals surface area contributed by atoms with Crippen molar-refractivity contribution in [3.05, 3.63) is 83.9 Å². The summed E-state index contributed by atoms with van der Waals surface area (Å²) in [4.78, 5) is 28.7. The summed E-state index contributed by atoms with van der Waals surface area (Å²) in [7, 11) is -1.32. The highest BCUT2D eigenvalue weighted by atomic mass is 32.2. The molecule has 0 aliphatic heterocycles. The van der Waals surface area contributed by atoms with Gasteiger partial charge in [0.15, 0.2) is 0 Å². The van der Waals surface area contributed by atoms with Gasteiger partial charge < -0.3 is 19.7 Å². The maximum atomic E-state index is 14.1. The first kappa shape index (κ1) is 31.5. The van der Waals surface area contributed by atoms with Crippen molar-refractivity contribution < 1.29 is 27.5 Å². The van der Waals surface area contributed by atoms with Gasteiger partial charge in [0.2, 0.25) is 11.8 Å². The monoisotopic (exact) mass is 581 g/mol. The Morgan fingerprint density at radius 1 is 0.927 bits per heavy atom. The molecule has 2 amide bonds. The van der Waals surface area contributed by atoms with Crippen LogP contribution in [0.25, 0.3) is 0 Å². The maximum absolute atomic E-state index is 14.1. The minimum absolute atomic E-state index is 0.0271. The number of nitrogens with zero attached hydrogens (tertiary/aromatic N) is 2. The molecule has 0 unspecified atom stereocenters. The van der Waals surface area contributed by atoms with Gasteiger partial charge in [-0.1, -0.05) is 42.0 Å². The van der Waals surface area contributed by atoms with Gasteiger partial charge in [0.05, 0.1) is 24.8 Å². The number of carbonyl (C=O) groups is 2. The lowest BCUT2D eigenvalue weighted by molar-refractivity contribution is -0.140. The van der Waals surface area contributed by atoms with Gasteiger partial charge in [-0.05, 0) is 76.6 Å². The third-order valence-corrected chi connectivity index (χ3v) is 8.16. The minimum Gasteiger partial charge on any atom is -0.497 e. The van der Waals surface area contributed by atoms with Crippen molar-refractivity contribution in [1.82, 2.24) is 10.2 Å². The molecule has 0 heterocycles. The molecular weight excluding hydrogens is 542 g/mol. The molecule has 0 spiro atoms. The Kier molecular flexibility index (Phi) is 10.0. The number of nitrogens with one attached hydrogen (secondary N) is 1. The van der Waals surface area contributed by atoms with Crippen LogP contribution in [0.4, 0.5) is 5.69 Å². The number of ether oxygens (including phenoxy) is 2. The van der Waals surface area contributed by atoms with Crippen LogP contribution in [0.1, 0.15) is 38.8 Å². The first-order valence-corrected chi connectivity index (χ1v) is 14.7. The highest BCUT2D eigenvalue weighted by Gasteiger charge is 2.34. The molecule has 3 aromatic rings. The fourth-order valence-electron chi connectivity index (χ4n) is 4.29. The zero-order valence-corrected chi connectivity index (χ0v) is 25.5. The summed E-state index contributed by atoms with van der Waals surface area (Å²) in [5.41, 5.74) is 1.49. The summed E-state index contributed by atoms with van der Waals surface area (Å²) in [6.07, 6.45) is 0. The molecule has 0 aromatic heterocycles. The number of aryl methyl sites for hydroxylation is 1. The molecule has 0 aliphatic carbocycles. The van der Waals surface area contributed by atoms with Gasteiger partial charge in [0.25, 0.3) is 10.0 Å². The third kappa shape index (κ3) is 8.00. The van der Waals surface area contributed by atoms with Crippen LogP contribution in [-0.4, -0.2) is 57.5 Å². The van der Waals surface area contributed by atoms with Crippen LogP contribution in [0, 0.1) is 6.92 Å². The van der Waals surface area contributed by atoms with E-state index in [0.717, 1.165) is 15.4 Å². The number of carbonyl (C=O) groups excluding carboxylic acids is 2. The lowest BCUT2D eigenvalue weighted by Gasteiger charge is -2.33. The van der Waals surface area contributed by atoms with E-state index in [2.05, 4.69) is 5.32 Å². The Morgan fingerprint density at radius 2 is 1.59 bits per heavy atom. The van der Waals surface area contributed by atoms with Gasteiger partial charge in [-0.15, -0.1) is 0 Å². The highest BCUT2D eigenvalue weighted by molar-refractivity contribution is 7.92. The molecule has 3 aromatic carbocycles. The largest absolute Gasteiger partial charge is 0.497 e. The zero-order chi connectivity index (χ0) is 30.4. The normalized spacial score (nSPS) is 12.3. The fraction of sp³-hybridized carbons (Fsp3) is 0.355. The van der Waals surface area contributed by atoms with Crippen LogP contribution >= 0.6 is 0 Å². The predicted molar refractivity (Wildman–Crippen MR) is 160 cm³/mol. The molecule has 3 rings (SSSR count). The number of anilines is 1. The Morgan fingerprint density at radius 3 is 2.17 bits per heavy atom. The van der Waals surface area contributed by atoms with Crippen molar-refractivity contribution in [2.24, 2.45) is 0 Å². The summed E-state index contributed by atoms with van der Waals surface area (Å²) in [6, 6.07) is 19.2. The SMILES string of the molecule is COc1ccc(S(=O)(=O)N(CC(=O)N(Cc2cccc(C)c2)[C@H](C)C(=O)NC(C)(C)C)c2ccccc2OC)cc1. The Bertz CT molecular complexity index is 1470. The number of methoxy groups -OCH3 is 2. The van der Waals surface area contributed by atoms with Crippen molar-refractivity contribution in [2.45, 2.75) is 57.6 Å². The number of amides is 2. The van der Waals surface area contributed by atoms with E-state index >= 15 is 0 Å². The molecule has 0 bridgehead atoms. The number of hydrogen-bond acceptors (Lipinski definition) is 6. The van der Waals surface area contributed by atoms with Crippen LogP contribution < -0.4 is 19.1 Å². The van der Waals surface area contributed by atoms with Crippen LogP contribution in [0.5, 0.6) is 11.5 Å². The number of hydrogen-bond donors (Lipinski definition) is 1. The standard InChI is InChI=1S/C31H39N3O6S/c1-22-11-10-12-24(19-22)20-33(23(2)30(36)32-31(3,4)5)29(35)21-34(27-13-8-9-14-28(27)40-7)41(37,38)26-17-15-25(39-6)16-18-26/h8-19,23H,20-21H2,1-7H3,(H,32,36)/t23-/m1/s1. The Labute approximate surface area is 243 Å². The van der Waals surface area contributed by atoms with Gasteiger partial charge >= 0.3 is 0 Å². The average Bonchev–Trinajstić information content (AvgIpc) is 2.93. The highest BCUT2D eigenvalue weighted by Crippen LogP contribution is 2.33. The minimum atomic E-state index is -4.24. The van der Waals surface area contributed by atoms with E-state index in [1.807, 2.05) is 52.0 Å². The fourth-order valence-corrected chi connectivity index (χ4v) is 5.71. The van der Waals surface area contributed by atoms with Crippen LogP contribution in [-0.2, 0) is 26.2 Å². The second kappa shape index (κ2) is 13.1. The number of para-hydroxylation sites is 2. The second-order valence-electron chi connectivity index (χ2n) is 10.8. The third-order valence-electron chi connectivity index (χ3n) is 6.38. The summed E-state index contributed by atoms with van der Waals surface area (Å²) in [6.45, 7) is 8.70. The summed E-state index contributed by atoms with van der Waals surface area (Å²) >= 11 is 0. The molecule has 41 heavy (non-hydrogen) atoms. The van der Waals surface area contributed by atoms with Crippen molar-refractivity contribution in [2.75, 3.05) is 25.1 Å². The van der Waals surface area contributed by atoms with Crippen molar-refractivity contribution in [3.63, 3.8) is 0 Å². The zero-order valence-electron chi connectivity index (χ0n) is 24.7. The van der Waals surface area contributed by atoms with Crippen LogP contribution in [0.3, 0.4) is 0 Å². The molecule has 9 nitrogen and oxygen atoms in total. The first-order chi connectivity index (χ1) is 19.3. The molecule has 0 saturated heterocycles. The average molecular weight is 582 g/mol. The molecule has 0 radical (unpaired) electrons. The van der Waals surface area contributed by atoms with Crippen molar-refractivity contribution in [1.29, 1.82) is 0 Å². The number of rotatable bonds is 11. The van der Waals surface area contributed by atoms with E-state index < -0.39 is 34.1 Å². The number of benzene rings is 3. The predicted octanol–water partition coefficient (Wildman–Crippen LogP) is 4.54. The van der Waals surface area contributed by atoms with Gasteiger partial charge in [-0.25, -0.2) is 8.42 Å². The van der Waals surface area contributed by atoms with Gasteiger partial charge in [-0.2, -0.15) is 0 Å². The first-order valence-electron chi connectivity index (χ1n) is 13.2. The molecular formula is C31H39N3O6S. The molecule has 0 saturated carbocycles. The number of sulfonamides is 1. The van der Waals surface area contributed by atoms with E-state index in [0.29, 0.717) is 5.75 Å². The van der Waals surface area contributed by atoms with E-state index in [1.165, 1.54) is 43.4 Å². The Hall–Kier alpha value is -4.05. The second-order valence-corrected chi connectivity index (χ2v) is 12.6. The van der Waals surface area contributed by atoms with Gasteiger partial charge in [-0.3, -0.25) is 13.9 Å². The molecule has 10 heteroatoms. The topological polar surface area (TPSA) is 105 Å². The van der Waals surface area contributed by atoms with E-state index in [4.69, 9.17) is 9.47 Å². The quantitative estimate of drug-likeness (QED) is 0.357. The van der Waals surface area contributed by atoms with Gasteiger partial charge in [0, 0.05) is 12.1 Å². The molecule has 0 fully saturated rings. The smallest absolute Gasteiger partial charge is 0.264 e. The molecule has 1 N–H and O–H groups in total. The molecule has 220 valence electrons. The summed E-state index contributed by atoms with van der Waals surface area (Å²) in [5.74, 6) is -0.126. The molecule has 0 aliphatic rings. The van der Waals surface area contributed by atoms with Crippen molar-refractivity contribution in [3.8, 4) is 11.5 Å². The molecule has 1 atom stereocenters. The van der Waals surface area contributed by atoms with Crippen LogP contribution in [0.2, 0.25) is 0 Å². The lowest BCUT2D eigenvalue weighted by Crippen LogP contribution is -2.54. The Balaban J connectivity index is 2.08. The van der Waals surface area contributed by atoms with E-state index in [9.17, 15) is 18.0 Å². The van der Waals surface area contributed by atoms with E-state index in [-0.39, 0.29) is 28.8 Å². The summed E-state index contributed by atoms with van der Waals surface area (Å²) in [5, 5.41) is 2.93.